The number of carbonyl (C=O) groups excluding carboxylic acids is 1. The van der Waals surface area contributed by atoms with E-state index in [1.54, 1.807) is 6.20 Å². The number of carbonyl (C=O) groups is 1. The van der Waals surface area contributed by atoms with E-state index in [1.165, 1.54) is 6.42 Å². The van der Waals surface area contributed by atoms with Crippen LogP contribution < -0.4 is 20.5 Å². The van der Waals surface area contributed by atoms with Gasteiger partial charge in [0.25, 0.3) is 0 Å². The molecule has 1 aromatic carbocycles. The van der Waals surface area contributed by atoms with E-state index in [1.807, 2.05) is 36.4 Å². The number of benzene rings is 1. The molecule has 0 spiro atoms. The van der Waals surface area contributed by atoms with E-state index in [4.69, 9.17) is 15.2 Å². The zero-order valence-electron chi connectivity index (χ0n) is 17.7. The molecule has 6 nitrogen and oxygen atoms in total. The van der Waals surface area contributed by atoms with E-state index in [9.17, 15) is 4.79 Å². The number of rotatable bonds is 8. The summed E-state index contributed by atoms with van der Waals surface area (Å²) in [7, 11) is 0. The van der Waals surface area contributed by atoms with Crippen LogP contribution in [-0.4, -0.2) is 23.5 Å². The molecular formula is C23H31Cl2N3O3. The largest absolute Gasteiger partial charge is 0.494 e. The van der Waals surface area contributed by atoms with Crippen molar-refractivity contribution in [3.63, 3.8) is 0 Å². The average Bonchev–Trinajstić information content (AvgIpc) is 3.34. The summed E-state index contributed by atoms with van der Waals surface area (Å²) in [5.74, 6) is 2.92. The molecule has 0 radical (unpaired) electrons. The van der Waals surface area contributed by atoms with Gasteiger partial charge in [-0.2, -0.15) is 0 Å². The third-order valence-corrected chi connectivity index (χ3v) is 6.10. The van der Waals surface area contributed by atoms with Gasteiger partial charge < -0.3 is 20.5 Å². The second-order valence-corrected chi connectivity index (χ2v) is 8.04. The molecule has 2 aromatic rings. The summed E-state index contributed by atoms with van der Waals surface area (Å²) in [6.45, 7) is 3.14. The summed E-state index contributed by atoms with van der Waals surface area (Å²) < 4.78 is 11.6. The van der Waals surface area contributed by atoms with Gasteiger partial charge in [0.15, 0.2) is 0 Å². The van der Waals surface area contributed by atoms with E-state index < -0.39 is 0 Å². The average molecular weight is 468 g/mol. The van der Waals surface area contributed by atoms with E-state index in [0.29, 0.717) is 36.6 Å². The number of pyridine rings is 1. The predicted molar refractivity (Wildman–Crippen MR) is 125 cm³/mol. The van der Waals surface area contributed by atoms with E-state index in [2.05, 4.69) is 17.2 Å². The fourth-order valence-corrected chi connectivity index (χ4v) is 4.61. The number of ether oxygens (including phenoxy) is 2. The van der Waals surface area contributed by atoms with Gasteiger partial charge in [-0.05, 0) is 67.9 Å². The van der Waals surface area contributed by atoms with Gasteiger partial charge in [0.1, 0.15) is 11.5 Å². The highest BCUT2D eigenvalue weighted by Gasteiger charge is 2.48. The molecule has 1 aromatic heterocycles. The minimum Gasteiger partial charge on any atom is -0.494 e. The number of halogens is 2. The highest BCUT2D eigenvalue weighted by molar-refractivity contribution is 5.85. The highest BCUT2D eigenvalue weighted by atomic mass is 35.5. The standard InChI is InChI=1S/C23H29N3O3.2ClH/c1-2-12-28-18-7-9-19(10-8-18)29-23-17(4-3-11-25-23)14-26-22(27)20-15-5-6-16(13-15)21(20)24;;/h3-4,7-11,15-16,20-21H,2,5-6,12-14,24H2,1H3,(H,26,27);2*1H. The van der Waals surface area contributed by atoms with Crippen molar-refractivity contribution in [2.75, 3.05) is 6.61 Å². The molecule has 2 aliphatic carbocycles. The lowest BCUT2D eigenvalue weighted by Crippen LogP contribution is -2.45. The minimum absolute atomic E-state index is 0. The summed E-state index contributed by atoms with van der Waals surface area (Å²) in [5, 5.41) is 3.06. The van der Waals surface area contributed by atoms with Gasteiger partial charge in [-0.25, -0.2) is 4.98 Å². The van der Waals surface area contributed by atoms with Gasteiger partial charge in [0.05, 0.1) is 12.5 Å². The van der Waals surface area contributed by atoms with Crippen molar-refractivity contribution < 1.29 is 14.3 Å². The normalized spacial score (nSPS) is 23.4. The fraction of sp³-hybridized carbons (Fsp3) is 0.478. The maximum absolute atomic E-state index is 12.7. The number of nitrogens with one attached hydrogen (secondary N) is 1. The first kappa shape index (κ1) is 25.2. The molecule has 0 aliphatic heterocycles. The monoisotopic (exact) mass is 467 g/mol. The van der Waals surface area contributed by atoms with Gasteiger partial charge in [-0.15, -0.1) is 24.8 Å². The topological polar surface area (TPSA) is 86.5 Å². The van der Waals surface area contributed by atoms with Crippen LogP contribution in [0.2, 0.25) is 0 Å². The summed E-state index contributed by atoms with van der Waals surface area (Å²) in [4.78, 5) is 17.1. The van der Waals surface area contributed by atoms with Crippen LogP contribution in [0.1, 0.15) is 38.2 Å². The number of amides is 1. The van der Waals surface area contributed by atoms with Crippen molar-refractivity contribution in [1.82, 2.24) is 10.3 Å². The van der Waals surface area contributed by atoms with Crippen LogP contribution in [0.15, 0.2) is 42.6 Å². The summed E-state index contributed by atoms with van der Waals surface area (Å²) in [6.07, 6.45) is 6.03. The number of hydrogen-bond acceptors (Lipinski definition) is 5. The minimum atomic E-state index is -0.0644. The molecule has 2 aliphatic rings. The Morgan fingerprint density at radius 1 is 1.13 bits per heavy atom. The maximum Gasteiger partial charge on any atom is 0.225 e. The molecule has 31 heavy (non-hydrogen) atoms. The number of nitrogens with zero attached hydrogens (tertiary/aromatic N) is 1. The molecule has 8 heteroatoms. The predicted octanol–water partition coefficient (Wildman–Crippen LogP) is 4.50. The van der Waals surface area contributed by atoms with Crippen molar-refractivity contribution in [3.8, 4) is 17.4 Å². The van der Waals surface area contributed by atoms with Crippen LogP contribution in [0, 0.1) is 17.8 Å². The molecule has 1 heterocycles. The SMILES string of the molecule is CCCOc1ccc(Oc2ncccc2CNC(=O)C2C3CCC(C3)C2N)cc1.Cl.Cl. The van der Waals surface area contributed by atoms with Crippen LogP contribution in [0.3, 0.4) is 0 Å². The van der Waals surface area contributed by atoms with Crippen molar-refractivity contribution in [2.45, 2.75) is 45.2 Å². The Morgan fingerprint density at radius 2 is 1.84 bits per heavy atom. The first-order chi connectivity index (χ1) is 14.2. The second-order valence-electron chi connectivity index (χ2n) is 8.04. The quantitative estimate of drug-likeness (QED) is 0.596. The van der Waals surface area contributed by atoms with Gasteiger partial charge in [-0.1, -0.05) is 13.0 Å². The molecular weight excluding hydrogens is 437 g/mol. The fourth-order valence-electron chi connectivity index (χ4n) is 4.61. The summed E-state index contributed by atoms with van der Waals surface area (Å²) >= 11 is 0. The number of nitrogens with two attached hydrogens (primary N) is 1. The van der Waals surface area contributed by atoms with E-state index in [0.717, 1.165) is 30.6 Å². The zero-order valence-corrected chi connectivity index (χ0v) is 19.3. The van der Waals surface area contributed by atoms with E-state index >= 15 is 0 Å². The van der Waals surface area contributed by atoms with Crippen LogP contribution >= 0.6 is 24.8 Å². The lowest BCUT2D eigenvalue weighted by Gasteiger charge is -2.27. The second kappa shape index (κ2) is 11.6. The molecule has 4 rings (SSSR count). The molecule has 2 saturated carbocycles. The Bertz CT molecular complexity index is 848. The Balaban J connectivity index is 0.00000171. The van der Waals surface area contributed by atoms with Crippen LogP contribution in [-0.2, 0) is 11.3 Å². The lowest BCUT2D eigenvalue weighted by atomic mass is 9.84. The Labute approximate surface area is 196 Å². The van der Waals surface area contributed by atoms with Crippen LogP contribution in [0.25, 0.3) is 0 Å². The molecule has 4 atom stereocenters. The number of fused-ring (bicyclic) bond motifs is 2. The first-order valence-corrected chi connectivity index (χ1v) is 10.5. The van der Waals surface area contributed by atoms with Crippen molar-refractivity contribution >= 4 is 30.7 Å². The molecule has 1 amide bonds. The molecule has 2 fully saturated rings. The Hall–Kier alpha value is -2.02. The molecule has 2 bridgehead atoms. The molecule has 4 unspecified atom stereocenters. The molecule has 3 N–H and O–H groups in total. The third kappa shape index (κ3) is 5.82. The van der Waals surface area contributed by atoms with Gasteiger partial charge in [-0.3, -0.25) is 4.79 Å². The summed E-state index contributed by atoms with van der Waals surface area (Å²) in [5.41, 5.74) is 7.14. The maximum atomic E-state index is 12.7. The van der Waals surface area contributed by atoms with Crippen molar-refractivity contribution in [2.24, 2.45) is 23.5 Å². The van der Waals surface area contributed by atoms with Crippen LogP contribution in [0.4, 0.5) is 0 Å². The van der Waals surface area contributed by atoms with Crippen molar-refractivity contribution in [3.05, 3.63) is 48.2 Å². The number of hydrogen-bond donors (Lipinski definition) is 2. The number of aromatic nitrogens is 1. The van der Waals surface area contributed by atoms with Gasteiger partial charge >= 0.3 is 0 Å². The summed E-state index contributed by atoms with van der Waals surface area (Å²) in [6, 6.07) is 11.2. The van der Waals surface area contributed by atoms with Crippen molar-refractivity contribution in [1.29, 1.82) is 0 Å². The zero-order chi connectivity index (χ0) is 20.2. The van der Waals surface area contributed by atoms with Gasteiger partial charge in [0, 0.05) is 24.3 Å². The molecule has 0 saturated heterocycles. The first-order valence-electron chi connectivity index (χ1n) is 10.5. The van der Waals surface area contributed by atoms with E-state index in [-0.39, 0.29) is 42.7 Å². The van der Waals surface area contributed by atoms with Gasteiger partial charge in [0.2, 0.25) is 11.8 Å². The Kier molecular flexibility index (Phi) is 9.41. The van der Waals surface area contributed by atoms with Crippen LogP contribution in [0.5, 0.6) is 17.4 Å². The molecule has 170 valence electrons. The lowest BCUT2D eigenvalue weighted by molar-refractivity contribution is -0.127. The third-order valence-electron chi connectivity index (χ3n) is 6.10. The Morgan fingerprint density at radius 3 is 2.52 bits per heavy atom. The smallest absolute Gasteiger partial charge is 0.225 e. The highest BCUT2D eigenvalue weighted by Crippen LogP contribution is 2.47.